The van der Waals surface area contributed by atoms with Crippen LogP contribution < -0.4 is 10.6 Å². The molecule has 1 saturated heterocycles. The van der Waals surface area contributed by atoms with Crippen LogP contribution in [0.5, 0.6) is 0 Å². The highest BCUT2D eigenvalue weighted by atomic mass is 15.1. The fourth-order valence-corrected chi connectivity index (χ4v) is 0.754. The van der Waals surface area contributed by atoms with Crippen LogP contribution in [-0.2, 0) is 0 Å². The highest BCUT2D eigenvalue weighted by Gasteiger charge is 2.14. The van der Waals surface area contributed by atoms with Crippen LogP contribution in [0.1, 0.15) is 24.7 Å². The zero-order chi connectivity index (χ0) is 13.5. The normalized spacial score (nSPS) is 54.2. The second-order valence-electron chi connectivity index (χ2n) is 1.96. The van der Waals surface area contributed by atoms with E-state index in [2.05, 4.69) is 10.6 Å². The van der Waals surface area contributed by atoms with Crippen LogP contribution in [0.2, 0.25) is 0 Å². The van der Waals surface area contributed by atoms with E-state index in [0.717, 1.165) is 0 Å². The minimum absolute atomic E-state index is 0.187. The first kappa shape index (κ1) is 1.95. The van der Waals surface area contributed by atoms with E-state index < -0.39 is 25.6 Å². The monoisotopic (exact) mass is 136 g/mol. The van der Waals surface area contributed by atoms with Crippen LogP contribution in [0.15, 0.2) is 0 Å². The molecule has 0 aromatic rings. The molecule has 1 atom stereocenters. The van der Waals surface area contributed by atoms with Gasteiger partial charge in [-0.2, -0.15) is 0 Å². The van der Waals surface area contributed by atoms with Gasteiger partial charge in [-0.1, -0.05) is 13.7 Å². The fraction of sp³-hybridized carbons (Fsp3) is 1.00. The zero-order valence-electron chi connectivity index (χ0n) is 13.1. The van der Waals surface area contributed by atoms with Crippen molar-refractivity contribution >= 4 is 0 Å². The molecule has 54 valence electrons. The minimum atomic E-state index is -3.08. The third kappa shape index (κ3) is 1.95. The summed E-state index contributed by atoms with van der Waals surface area (Å²) in [6.07, 6.45) is 0. The van der Waals surface area contributed by atoms with Crippen LogP contribution in [0.25, 0.3) is 0 Å². The molecule has 1 fully saturated rings. The molecule has 1 aliphatic heterocycles. The Bertz CT molecular complexity index is 263. The molecule has 1 aliphatic rings. The van der Waals surface area contributed by atoms with Gasteiger partial charge in [-0.25, -0.2) is 0 Å². The number of hydrogen-bond acceptors (Lipinski definition) is 2. The Hall–Kier alpha value is -0.0800. The SMILES string of the molecule is [2H]C([2H])([2H])C([2H])(C([2H])([2H])[2H])C1([2H])CNCCN1. The number of piperazine rings is 1. The lowest BCUT2D eigenvalue weighted by atomic mass is 10.0. The second kappa shape index (κ2) is 3.18. The first-order valence-electron chi connectivity index (χ1n) is 6.91. The molecule has 1 unspecified atom stereocenters. The van der Waals surface area contributed by atoms with Crippen molar-refractivity contribution in [2.45, 2.75) is 19.7 Å². The van der Waals surface area contributed by atoms with Crippen molar-refractivity contribution in [1.82, 2.24) is 10.6 Å². The van der Waals surface area contributed by atoms with Crippen LogP contribution in [-0.4, -0.2) is 25.7 Å². The second-order valence-corrected chi connectivity index (χ2v) is 1.96. The van der Waals surface area contributed by atoms with Gasteiger partial charge >= 0.3 is 0 Å². The van der Waals surface area contributed by atoms with E-state index in [4.69, 9.17) is 11.0 Å². The molecule has 0 amide bonds. The molecule has 1 heterocycles. The van der Waals surface area contributed by atoms with Gasteiger partial charge in [0.05, 0.1) is 0 Å². The van der Waals surface area contributed by atoms with Gasteiger partial charge in [0, 0.05) is 36.6 Å². The summed E-state index contributed by atoms with van der Waals surface area (Å²) in [6, 6.07) is -2.07. The van der Waals surface area contributed by atoms with E-state index in [9.17, 15) is 0 Å². The summed E-state index contributed by atoms with van der Waals surface area (Å²) < 4.78 is 59.7. The number of rotatable bonds is 1. The summed E-state index contributed by atoms with van der Waals surface area (Å²) in [4.78, 5) is 0. The zero-order valence-corrected chi connectivity index (χ0v) is 5.12. The highest BCUT2D eigenvalue weighted by molar-refractivity contribution is 4.77. The molecular formula is C7H16N2. The summed E-state index contributed by atoms with van der Waals surface area (Å²) >= 11 is 0. The molecular weight excluding hydrogens is 112 g/mol. The third-order valence-electron chi connectivity index (χ3n) is 1.24. The molecule has 0 aliphatic carbocycles. The molecule has 1 rings (SSSR count). The van der Waals surface area contributed by atoms with Gasteiger partial charge < -0.3 is 10.6 Å². The Kier molecular flexibility index (Phi) is 0.691. The van der Waals surface area contributed by atoms with Gasteiger partial charge in [-0.3, -0.25) is 0 Å². The lowest BCUT2D eigenvalue weighted by Crippen LogP contribution is -2.50. The van der Waals surface area contributed by atoms with Crippen molar-refractivity contribution in [2.24, 2.45) is 5.89 Å². The first-order valence-corrected chi connectivity index (χ1v) is 2.91. The van der Waals surface area contributed by atoms with Crippen LogP contribution >= 0.6 is 0 Å². The van der Waals surface area contributed by atoms with Gasteiger partial charge in [-0.15, -0.1) is 0 Å². The lowest BCUT2D eigenvalue weighted by Gasteiger charge is -2.27. The summed E-state index contributed by atoms with van der Waals surface area (Å²) in [5, 5.41) is 5.30. The molecule has 9 heavy (non-hydrogen) atoms. The minimum Gasteiger partial charge on any atom is -0.314 e. The van der Waals surface area contributed by atoms with Gasteiger partial charge in [0.25, 0.3) is 0 Å². The Morgan fingerprint density at radius 1 is 1.78 bits per heavy atom. The highest BCUT2D eigenvalue weighted by Crippen LogP contribution is 2.00. The maximum Gasteiger partial charge on any atom is 0.0481 e. The van der Waals surface area contributed by atoms with E-state index in [0.29, 0.717) is 6.54 Å². The third-order valence-corrected chi connectivity index (χ3v) is 1.24. The van der Waals surface area contributed by atoms with E-state index in [-0.39, 0.29) is 13.1 Å². The topological polar surface area (TPSA) is 24.1 Å². The molecule has 0 saturated carbocycles. The van der Waals surface area contributed by atoms with E-state index in [1.54, 1.807) is 0 Å². The van der Waals surface area contributed by atoms with Gasteiger partial charge in [-0.05, 0) is 5.89 Å². The van der Waals surface area contributed by atoms with Gasteiger partial charge in [0.15, 0.2) is 0 Å². The molecule has 2 N–H and O–H groups in total. The molecule has 2 heteroatoms. The molecule has 0 aromatic carbocycles. The Balaban J connectivity index is 3.24. The van der Waals surface area contributed by atoms with E-state index in [1.165, 1.54) is 0 Å². The summed E-state index contributed by atoms with van der Waals surface area (Å²) in [5.41, 5.74) is 0. The first-order chi connectivity index (χ1) is 7.46. The Morgan fingerprint density at radius 2 is 2.67 bits per heavy atom. The van der Waals surface area contributed by atoms with Gasteiger partial charge in [0.2, 0.25) is 0 Å². The predicted molar refractivity (Wildman–Crippen MR) is 39.5 cm³/mol. The van der Waals surface area contributed by atoms with E-state index >= 15 is 0 Å². The van der Waals surface area contributed by atoms with Crippen molar-refractivity contribution in [3.63, 3.8) is 0 Å². The van der Waals surface area contributed by atoms with Crippen molar-refractivity contribution in [2.75, 3.05) is 19.6 Å². The summed E-state index contributed by atoms with van der Waals surface area (Å²) in [6.45, 7) is -5.57. The molecule has 0 spiro atoms. The van der Waals surface area contributed by atoms with Crippen molar-refractivity contribution in [3.05, 3.63) is 0 Å². The van der Waals surface area contributed by atoms with Crippen molar-refractivity contribution in [3.8, 4) is 0 Å². The molecule has 0 aromatic heterocycles. The predicted octanol–water partition coefficient (Wildman–Crippen LogP) is 0.204. The fourth-order valence-electron chi connectivity index (χ4n) is 0.754. The number of nitrogens with one attached hydrogen (secondary N) is 2. The maximum absolute atomic E-state index is 8.00. The largest absolute Gasteiger partial charge is 0.314 e. The maximum atomic E-state index is 8.00. The smallest absolute Gasteiger partial charge is 0.0481 e. The van der Waals surface area contributed by atoms with Gasteiger partial charge in [0.1, 0.15) is 0 Å². The quantitative estimate of drug-likeness (QED) is 0.538. The van der Waals surface area contributed by atoms with Crippen molar-refractivity contribution < 1.29 is 11.0 Å². The summed E-state index contributed by atoms with van der Waals surface area (Å²) in [7, 11) is 0. The van der Waals surface area contributed by atoms with Crippen LogP contribution in [0, 0.1) is 5.89 Å². The lowest BCUT2D eigenvalue weighted by molar-refractivity contribution is 0.342. The average molecular weight is 136 g/mol. The van der Waals surface area contributed by atoms with E-state index in [1.807, 2.05) is 0 Å². The summed E-state index contributed by atoms with van der Waals surface area (Å²) in [5.74, 6) is -2.87. The van der Waals surface area contributed by atoms with Crippen LogP contribution in [0.3, 0.4) is 0 Å². The van der Waals surface area contributed by atoms with Crippen LogP contribution in [0.4, 0.5) is 0 Å². The Morgan fingerprint density at radius 3 is 3.22 bits per heavy atom. The molecule has 0 bridgehead atoms. The van der Waals surface area contributed by atoms with Crippen molar-refractivity contribution in [1.29, 1.82) is 0 Å². The average Bonchev–Trinajstić information content (AvgIpc) is 2.14. The molecule has 0 radical (unpaired) electrons. The standard InChI is InChI=1S/C7H16N2/c1-6(2)7-5-8-3-4-9-7/h6-9H,3-5H2,1-2H3/i1D3,2D3,6D,7D. The molecule has 2 nitrogen and oxygen atoms in total. The number of hydrogen-bond donors (Lipinski definition) is 2. The Labute approximate surface area is 68.3 Å².